The normalized spacial score (nSPS) is 24.2. The van der Waals surface area contributed by atoms with Gasteiger partial charge in [0.1, 0.15) is 5.82 Å². The van der Waals surface area contributed by atoms with E-state index in [-0.39, 0.29) is 12.4 Å². The van der Waals surface area contributed by atoms with Gasteiger partial charge in [0.15, 0.2) is 11.6 Å². The molecule has 3 heterocycles. The van der Waals surface area contributed by atoms with Gasteiger partial charge < -0.3 is 10.2 Å². The highest BCUT2D eigenvalue weighted by molar-refractivity contribution is 5.85. The summed E-state index contributed by atoms with van der Waals surface area (Å²) >= 11 is 0. The molecule has 2 saturated heterocycles. The smallest absolute Gasteiger partial charge is 0.161 e. The van der Waals surface area contributed by atoms with Crippen molar-refractivity contribution in [2.24, 2.45) is 11.8 Å². The summed E-state index contributed by atoms with van der Waals surface area (Å²) in [6.45, 7) is 3.95. The van der Waals surface area contributed by atoms with E-state index >= 15 is 0 Å². The molecule has 4 nitrogen and oxygen atoms in total. The van der Waals surface area contributed by atoms with Gasteiger partial charge in [-0.15, -0.1) is 12.4 Å². The lowest BCUT2D eigenvalue weighted by Gasteiger charge is -2.42. The van der Waals surface area contributed by atoms with Crippen molar-refractivity contribution in [2.45, 2.75) is 6.42 Å². The fourth-order valence-corrected chi connectivity index (χ4v) is 3.44. The highest BCUT2D eigenvalue weighted by Gasteiger charge is 2.31. The predicted octanol–water partition coefficient (Wildman–Crippen LogP) is 2.38. The van der Waals surface area contributed by atoms with Gasteiger partial charge in [-0.1, -0.05) is 0 Å². The summed E-state index contributed by atoms with van der Waals surface area (Å²) in [5.41, 5.74) is 0.789. The fraction of sp³-hybridized carbons (Fsp3) is 0.467. The molecule has 118 valence electrons. The molecule has 0 saturated carbocycles. The molecule has 2 atom stereocenters. The van der Waals surface area contributed by atoms with Gasteiger partial charge in [0.05, 0.1) is 17.2 Å². The van der Waals surface area contributed by atoms with E-state index in [1.807, 2.05) is 0 Å². The summed E-state index contributed by atoms with van der Waals surface area (Å²) in [7, 11) is 0. The Morgan fingerprint density at radius 3 is 2.36 bits per heavy atom. The number of halogens is 3. The van der Waals surface area contributed by atoms with Crippen LogP contribution in [0.5, 0.6) is 0 Å². The Morgan fingerprint density at radius 1 is 1.05 bits per heavy atom. The van der Waals surface area contributed by atoms with Crippen LogP contribution in [0.15, 0.2) is 18.3 Å². The standard InChI is InChI=1S/C15H16F2N4.ClH/c16-11-2-13-14(3-12(11)17)20-15(6-19-13)21-7-9-1-10(8-21)5-18-4-9;/h2-3,6,9-10,18H,1,4-5,7-8H2;1H. The molecule has 2 bridgehead atoms. The third kappa shape index (κ3) is 2.73. The number of anilines is 1. The van der Waals surface area contributed by atoms with E-state index in [1.165, 1.54) is 6.42 Å². The molecule has 4 rings (SSSR count). The van der Waals surface area contributed by atoms with Gasteiger partial charge in [-0.3, -0.25) is 4.98 Å². The van der Waals surface area contributed by atoms with Gasteiger partial charge >= 0.3 is 0 Å². The summed E-state index contributed by atoms with van der Waals surface area (Å²) < 4.78 is 26.5. The molecular weight excluding hydrogens is 310 g/mol. The van der Waals surface area contributed by atoms with E-state index < -0.39 is 11.6 Å². The third-order valence-corrected chi connectivity index (χ3v) is 4.39. The van der Waals surface area contributed by atoms with Gasteiger partial charge in [0.2, 0.25) is 0 Å². The quantitative estimate of drug-likeness (QED) is 0.873. The van der Waals surface area contributed by atoms with Crippen molar-refractivity contribution in [1.82, 2.24) is 15.3 Å². The number of hydrogen-bond acceptors (Lipinski definition) is 4. The van der Waals surface area contributed by atoms with E-state index in [1.54, 1.807) is 6.20 Å². The van der Waals surface area contributed by atoms with E-state index in [9.17, 15) is 8.78 Å². The van der Waals surface area contributed by atoms with Crippen LogP contribution in [-0.2, 0) is 0 Å². The van der Waals surface area contributed by atoms with Crippen molar-refractivity contribution in [3.05, 3.63) is 30.0 Å². The minimum absolute atomic E-state index is 0. The number of rotatable bonds is 1. The molecule has 0 amide bonds. The number of piperidine rings is 2. The minimum atomic E-state index is -0.886. The topological polar surface area (TPSA) is 41.1 Å². The number of fused-ring (bicyclic) bond motifs is 3. The second kappa shape index (κ2) is 5.93. The van der Waals surface area contributed by atoms with Gasteiger partial charge in [-0.25, -0.2) is 13.8 Å². The maximum atomic E-state index is 13.3. The molecule has 2 fully saturated rings. The summed E-state index contributed by atoms with van der Waals surface area (Å²) in [5.74, 6) is 0.238. The Labute approximate surface area is 133 Å². The van der Waals surface area contributed by atoms with Crippen LogP contribution in [-0.4, -0.2) is 36.1 Å². The number of hydrogen-bond donors (Lipinski definition) is 1. The van der Waals surface area contributed by atoms with Crippen LogP contribution in [0, 0.1) is 23.5 Å². The number of benzene rings is 1. The lowest BCUT2D eigenvalue weighted by Crippen LogP contribution is -2.51. The predicted molar refractivity (Wildman–Crippen MR) is 83.4 cm³/mol. The molecule has 2 aliphatic rings. The minimum Gasteiger partial charge on any atom is -0.355 e. The van der Waals surface area contributed by atoms with Crippen LogP contribution in [0.25, 0.3) is 11.0 Å². The van der Waals surface area contributed by atoms with E-state index in [4.69, 9.17) is 0 Å². The second-order valence-corrected chi connectivity index (χ2v) is 6.01. The first-order chi connectivity index (χ1) is 10.2. The van der Waals surface area contributed by atoms with Gasteiger partial charge in [-0.05, 0) is 31.3 Å². The van der Waals surface area contributed by atoms with E-state index in [0.29, 0.717) is 22.9 Å². The molecular formula is C15H17ClF2N4. The van der Waals surface area contributed by atoms with Gasteiger partial charge in [0.25, 0.3) is 0 Å². The Morgan fingerprint density at radius 2 is 1.68 bits per heavy atom. The second-order valence-electron chi connectivity index (χ2n) is 6.01. The SMILES string of the molecule is Cl.Fc1cc2ncc(N3CC4CNCC(C4)C3)nc2cc1F. The molecule has 22 heavy (non-hydrogen) atoms. The average molecular weight is 327 g/mol. The van der Waals surface area contributed by atoms with Crippen LogP contribution in [0.3, 0.4) is 0 Å². The summed E-state index contributed by atoms with van der Waals surface area (Å²) in [4.78, 5) is 10.9. The lowest BCUT2D eigenvalue weighted by atomic mass is 9.86. The molecule has 1 aromatic carbocycles. The zero-order valence-electron chi connectivity index (χ0n) is 11.9. The molecule has 0 aliphatic carbocycles. The van der Waals surface area contributed by atoms with Crippen molar-refractivity contribution in [2.75, 3.05) is 31.1 Å². The number of nitrogens with one attached hydrogen (secondary N) is 1. The lowest BCUT2D eigenvalue weighted by molar-refractivity contribution is 0.249. The highest BCUT2D eigenvalue weighted by atomic mass is 35.5. The third-order valence-electron chi connectivity index (χ3n) is 4.39. The van der Waals surface area contributed by atoms with Crippen LogP contribution >= 0.6 is 12.4 Å². The molecule has 2 aromatic rings. The van der Waals surface area contributed by atoms with Crippen molar-refractivity contribution in [1.29, 1.82) is 0 Å². The molecule has 2 unspecified atom stereocenters. The first kappa shape index (κ1) is 15.4. The molecule has 7 heteroatoms. The Kier molecular flexibility index (Phi) is 4.14. The van der Waals surface area contributed by atoms with Crippen LogP contribution < -0.4 is 10.2 Å². The van der Waals surface area contributed by atoms with Crippen molar-refractivity contribution >= 4 is 29.3 Å². The summed E-state index contributed by atoms with van der Waals surface area (Å²) in [6, 6.07) is 2.21. The van der Waals surface area contributed by atoms with E-state index in [2.05, 4.69) is 20.2 Å². The zero-order valence-corrected chi connectivity index (χ0v) is 12.7. The Hall–Kier alpha value is -1.53. The van der Waals surface area contributed by atoms with E-state index in [0.717, 1.165) is 44.1 Å². The van der Waals surface area contributed by atoms with Gasteiger partial charge in [-0.2, -0.15) is 0 Å². The summed E-state index contributed by atoms with van der Waals surface area (Å²) in [5, 5.41) is 3.45. The fourth-order valence-electron chi connectivity index (χ4n) is 3.44. The number of nitrogens with zero attached hydrogens (tertiary/aromatic N) is 3. The monoisotopic (exact) mass is 326 g/mol. The Balaban J connectivity index is 0.00000144. The van der Waals surface area contributed by atoms with Crippen molar-refractivity contribution in [3.63, 3.8) is 0 Å². The first-order valence-electron chi connectivity index (χ1n) is 7.26. The molecule has 2 aliphatic heterocycles. The molecule has 0 radical (unpaired) electrons. The number of aromatic nitrogens is 2. The van der Waals surface area contributed by atoms with Crippen molar-refractivity contribution < 1.29 is 8.78 Å². The van der Waals surface area contributed by atoms with Crippen molar-refractivity contribution in [3.8, 4) is 0 Å². The first-order valence-corrected chi connectivity index (χ1v) is 7.26. The molecule has 1 aromatic heterocycles. The maximum Gasteiger partial charge on any atom is 0.161 e. The maximum absolute atomic E-state index is 13.3. The zero-order chi connectivity index (χ0) is 14.4. The van der Waals surface area contributed by atoms with Crippen LogP contribution in [0.1, 0.15) is 6.42 Å². The summed E-state index contributed by atoms with van der Waals surface area (Å²) in [6.07, 6.45) is 2.92. The largest absolute Gasteiger partial charge is 0.355 e. The van der Waals surface area contributed by atoms with Crippen LogP contribution in [0.2, 0.25) is 0 Å². The highest BCUT2D eigenvalue weighted by Crippen LogP contribution is 2.28. The Bertz CT molecular complexity index is 685. The average Bonchev–Trinajstić information content (AvgIpc) is 2.47. The molecule has 1 N–H and O–H groups in total. The van der Waals surface area contributed by atoms with Gasteiger partial charge in [0, 0.05) is 25.2 Å². The molecule has 0 spiro atoms. The van der Waals surface area contributed by atoms with Crippen LogP contribution in [0.4, 0.5) is 14.6 Å².